The molecule has 0 bridgehead atoms. The van der Waals surface area contributed by atoms with Crippen LogP contribution in [-0.2, 0) is 12.8 Å². The van der Waals surface area contributed by atoms with Gasteiger partial charge in [0.15, 0.2) is 0 Å². The Labute approximate surface area is 181 Å². The number of likely N-dealkylation sites (N-methyl/N-ethyl adjacent to an activating group) is 1. The molecule has 2 aromatic rings. The van der Waals surface area contributed by atoms with Crippen LogP contribution in [0.15, 0.2) is 42.5 Å². The van der Waals surface area contributed by atoms with Gasteiger partial charge in [-0.05, 0) is 69.1 Å². The van der Waals surface area contributed by atoms with E-state index >= 15 is 0 Å². The lowest BCUT2D eigenvalue weighted by Gasteiger charge is -2.18. The molecule has 5 nitrogen and oxygen atoms in total. The molecule has 0 saturated carbocycles. The largest absolute Gasteiger partial charge is 0.497 e. The molecule has 0 aliphatic carbocycles. The number of unbranched alkanes of at least 4 members (excludes halogenated alkanes) is 1. The standard InChI is InChI=1S/C23H33NO4.ClH/c1-24(2)16-20(25)17-28-23-12-8-7-11-19(23)10-6-5-9-18-13-21(26-3)15-22(14-18)27-4;/h7-8,11-15,20,25H,5-6,9-10,16-17H2,1-4H3;1H. The molecule has 2 rings (SSSR count). The van der Waals surface area contributed by atoms with Crippen molar-refractivity contribution in [2.75, 3.05) is 41.5 Å². The first-order valence-corrected chi connectivity index (χ1v) is 9.77. The quantitative estimate of drug-likeness (QED) is 0.523. The van der Waals surface area contributed by atoms with Crippen molar-refractivity contribution in [1.29, 1.82) is 0 Å². The summed E-state index contributed by atoms with van der Waals surface area (Å²) in [5.74, 6) is 2.51. The first-order chi connectivity index (χ1) is 13.5. The summed E-state index contributed by atoms with van der Waals surface area (Å²) in [6.45, 7) is 0.894. The zero-order valence-corrected chi connectivity index (χ0v) is 18.7. The van der Waals surface area contributed by atoms with Crippen molar-refractivity contribution in [3.05, 3.63) is 53.6 Å². The number of hydrogen-bond donors (Lipinski definition) is 1. The van der Waals surface area contributed by atoms with Crippen molar-refractivity contribution in [3.63, 3.8) is 0 Å². The van der Waals surface area contributed by atoms with Gasteiger partial charge in [-0.3, -0.25) is 0 Å². The Morgan fingerprint density at radius 2 is 1.55 bits per heavy atom. The molecule has 0 amide bonds. The number of rotatable bonds is 12. The Morgan fingerprint density at radius 3 is 2.17 bits per heavy atom. The molecule has 1 N–H and O–H groups in total. The Bertz CT molecular complexity index is 702. The molecule has 162 valence electrons. The second kappa shape index (κ2) is 13.3. The Kier molecular flexibility index (Phi) is 11.5. The van der Waals surface area contributed by atoms with Gasteiger partial charge in [-0.25, -0.2) is 0 Å². The van der Waals surface area contributed by atoms with E-state index in [2.05, 4.69) is 18.2 Å². The maximum absolute atomic E-state index is 10.0. The highest BCUT2D eigenvalue weighted by Crippen LogP contribution is 2.25. The van der Waals surface area contributed by atoms with Gasteiger partial charge in [0.2, 0.25) is 0 Å². The Balaban J connectivity index is 0.00000420. The molecule has 0 aliphatic heterocycles. The van der Waals surface area contributed by atoms with Crippen LogP contribution in [0.1, 0.15) is 24.0 Å². The Morgan fingerprint density at radius 1 is 0.931 bits per heavy atom. The van der Waals surface area contributed by atoms with E-state index in [1.807, 2.05) is 43.3 Å². The van der Waals surface area contributed by atoms with E-state index < -0.39 is 6.10 Å². The van der Waals surface area contributed by atoms with Crippen LogP contribution < -0.4 is 14.2 Å². The minimum Gasteiger partial charge on any atom is -0.497 e. The van der Waals surface area contributed by atoms with E-state index in [1.54, 1.807) is 14.2 Å². The summed E-state index contributed by atoms with van der Waals surface area (Å²) in [6.07, 6.45) is 3.54. The molecule has 0 fully saturated rings. The SMILES string of the molecule is COc1cc(CCCCc2ccccc2OCC(O)CN(C)C)cc(OC)c1.Cl. The van der Waals surface area contributed by atoms with Gasteiger partial charge in [-0.1, -0.05) is 18.2 Å². The number of nitrogens with zero attached hydrogens (tertiary/aromatic N) is 1. The van der Waals surface area contributed by atoms with Crippen molar-refractivity contribution in [1.82, 2.24) is 4.90 Å². The number of para-hydroxylation sites is 1. The maximum atomic E-state index is 10.0. The number of halogens is 1. The molecular formula is C23H34ClNO4. The zero-order valence-electron chi connectivity index (χ0n) is 17.9. The van der Waals surface area contributed by atoms with E-state index in [4.69, 9.17) is 14.2 Å². The van der Waals surface area contributed by atoms with E-state index in [0.717, 1.165) is 42.9 Å². The molecule has 0 spiro atoms. The molecule has 29 heavy (non-hydrogen) atoms. The van der Waals surface area contributed by atoms with E-state index in [1.165, 1.54) is 11.1 Å². The summed E-state index contributed by atoms with van der Waals surface area (Å²) >= 11 is 0. The second-order valence-corrected chi connectivity index (χ2v) is 7.26. The fourth-order valence-corrected chi connectivity index (χ4v) is 3.17. The van der Waals surface area contributed by atoms with Gasteiger partial charge in [0.1, 0.15) is 30.0 Å². The van der Waals surface area contributed by atoms with E-state index in [9.17, 15) is 5.11 Å². The highest BCUT2D eigenvalue weighted by Gasteiger charge is 2.09. The summed E-state index contributed by atoms with van der Waals surface area (Å²) in [4.78, 5) is 1.95. The van der Waals surface area contributed by atoms with Crippen LogP contribution in [0.5, 0.6) is 17.2 Å². The lowest BCUT2D eigenvalue weighted by Crippen LogP contribution is -2.30. The Hall–Kier alpha value is -1.95. The fourth-order valence-electron chi connectivity index (χ4n) is 3.17. The van der Waals surface area contributed by atoms with Crippen LogP contribution in [0.4, 0.5) is 0 Å². The number of aliphatic hydroxyl groups excluding tert-OH is 1. The highest BCUT2D eigenvalue weighted by atomic mass is 35.5. The summed E-state index contributed by atoms with van der Waals surface area (Å²) in [7, 11) is 7.22. The normalized spacial score (nSPS) is 11.7. The third kappa shape index (κ3) is 8.94. The van der Waals surface area contributed by atoms with E-state index in [0.29, 0.717) is 13.2 Å². The average Bonchev–Trinajstić information content (AvgIpc) is 2.69. The van der Waals surface area contributed by atoms with Crippen molar-refractivity contribution in [2.45, 2.75) is 31.8 Å². The lowest BCUT2D eigenvalue weighted by molar-refractivity contribution is 0.0827. The monoisotopic (exact) mass is 423 g/mol. The summed E-state index contributed by atoms with van der Waals surface area (Å²) in [5.41, 5.74) is 2.40. The third-order valence-corrected chi connectivity index (χ3v) is 4.55. The van der Waals surface area contributed by atoms with Crippen molar-refractivity contribution in [3.8, 4) is 17.2 Å². The number of methoxy groups -OCH3 is 2. The molecule has 1 atom stereocenters. The summed E-state index contributed by atoms with van der Waals surface area (Å²) < 4.78 is 16.5. The first-order valence-electron chi connectivity index (χ1n) is 9.77. The number of aliphatic hydroxyl groups is 1. The molecule has 0 saturated heterocycles. The zero-order chi connectivity index (χ0) is 20.4. The number of benzene rings is 2. The molecule has 0 heterocycles. The lowest BCUT2D eigenvalue weighted by atomic mass is 10.0. The highest BCUT2D eigenvalue weighted by molar-refractivity contribution is 5.85. The van der Waals surface area contributed by atoms with Gasteiger partial charge in [0.25, 0.3) is 0 Å². The predicted octanol–water partition coefficient (Wildman–Crippen LogP) is 3.99. The van der Waals surface area contributed by atoms with E-state index in [-0.39, 0.29) is 12.4 Å². The molecule has 1 unspecified atom stereocenters. The van der Waals surface area contributed by atoms with Crippen LogP contribution in [0.3, 0.4) is 0 Å². The molecule has 6 heteroatoms. The number of hydrogen-bond acceptors (Lipinski definition) is 5. The van der Waals surface area contributed by atoms with Crippen molar-refractivity contribution >= 4 is 12.4 Å². The first kappa shape index (κ1) is 25.1. The van der Waals surface area contributed by atoms with Gasteiger partial charge < -0.3 is 24.2 Å². The van der Waals surface area contributed by atoms with Gasteiger partial charge in [0.05, 0.1) is 14.2 Å². The van der Waals surface area contributed by atoms with Crippen LogP contribution in [0.2, 0.25) is 0 Å². The predicted molar refractivity (Wildman–Crippen MR) is 120 cm³/mol. The minimum atomic E-state index is -0.494. The van der Waals surface area contributed by atoms with Crippen molar-refractivity contribution < 1.29 is 19.3 Å². The van der Waals surface area contributed by atoms with Crippen LogP contribution in [0.25, 0.3) is 0 Å². The topological polar surface area (TPSA) is 51.2 Å². The summed E-state index contributed by atoms with van der Waals surface area (Å²) in [5, 5.41) is 10.0. The minimum absolute atomic E-state index is 0. The van der Waals surface area contributed by atoms with Crippen LogP contribution in [-0.4, -0.2) is 57.6 Å². The van der Waals surface area contributed by atoms with Gasteiger partial charge >= 0.3 is 0 Å². The maximum Gasteiger partial charge on any atom is 0.122 e. The van der Waals surface area contributed by atoms with Gasteiger partial charge in [-0.2, -0.15) is 0 Å². The average molecular weight is 424 g/mol. The fraction of sp³-hybridized carbons (Fsp3) is 0.478. The van der Waals surface area contributed by atoms with Crippen LogP contribution >= 0.6 is 12.4 Å². The summed E-state index contributed by atoms with van der Waals surface area (Å²) in [6, 6.07) is 14.1. The van der Waals surface area contributed by atoms with Gasteiger partial charge in [0, 0.05) is 12.6 Å². The second-order valence-electron chi connectivity index (χ2n) is 7.26. The number of aryl methyl sites for hydroxylation is 2. The molecule has 0 aromatic heterocycles. The molecule has 0 radical (unpaired) electrons. The molecule has 2 aromatic carbocycles. The molecular weight excluding hydrogens is 390 g/mol. The molecule has 0 aliphatic rings. The van der Waals surface area contributed by atoms with Crippen LogP contribution in [0, 0.1) is 0 Å². The smallest absolute Gasteiger partial charge is 0.122 e. The third-order valence-electron chi connectivity index (χ3n) is 4.55. The van der Waals surface area contributed by atoms with Gasteiger partial charge in [-0.15, -0.1) is 12.4 Å². The van der Waals surface area contributed by atoms with Crippen molar-refractivity contribution in [2.24, 2.45) is 0 Å². The number of ether oxygens (including phenoxy) is 3.